The first-order chi connectivity index (χ1) is 7.33. The number of ether oxygens (including phenoxy) is 1. The molecule has 0 aromatic heterocycles. The van der Waals surface area contributed by atoms with E-state index in [0.29, 0.717) is 17.5 Å². The van der Waals surface area contributed by atoms with Crippen molar-refractivity contribution in [2.75, 3.05) is 19.0 Å². The molecule has 0 saturated carbocycles. The summed E-state index contributed by atoms with van der Waals surface area (Å²) in [5.74, 6) is -0.346. The summed E-state index contributed by atoms with van der Waals surface area (Å²) in [4.78, 5) is 12.2. The van der Waals surface area contributed by atoms with Gasteiger partial charge in [0, 0.05) is 25.7 Å². The van der Waals surface area contributed by atoms with Crippen molar-refractivity contribution in [1.29, 1.82) is 0 Å². The zero-order valence-corrected chi connectivity index (χ0v) is 8.71. The first-order valence-electron chi connectivity index (χ1n) is 4.36. The van der Waals surface area contributed by atoms with Crippen LogP contribution in [0.3, 0.4) is 0 Å². The van der Waals surface area contributed by atoms with E-state index in [9.17, 15) is 18.0 Å². The number of rotatable bonds is 3. The molecule has 16 heavy (non-hydrogen) atoms. The van der Waals surface area contributed by atoms with Crippen molar-refractivity contribution in [3.05, 3.63) is 23.8 Å². The molecule has 0 fully saturated rings. The van der Waals surface area contributed by atoms with Crippen molar-refractivity contribution >= 4 is 12.0 Å². The molecule has 0 N–H and O–H groups in total. The van der Waals surface area contributed by atoms with Gasteiger partial charge in [0.15, 0.2) is 6.29 Å². The Hall–Kier alpha value is -1.72. The third-order valence-electron chi connectivity index (χ3n) is 1.84. The van der Waals surface area contributed by atoms with Gasteiger partial charge in [0.05, 0.1) is 5.69 Å². The number of carbonyl (C=O) groups is 1. The monoisotopic (exact) mass is 233 g/mol. The predicted octanol–water partition coefficient (Wildman–Crippen LogP) is 2.46. The van der Waals surface area contributed by atoms with Crippen LogP contribution in [-0.4, -0.2) is 26.7 Å². The van der Waals surface area contributed by atoms with Crippen LogP contribution < -0.4 is 9.64 Å². The highest BCUT2D eigenvalue weighted by Crippen LogP contribution is 2.28. The molecule has 0 aliphatic heterocycles. The Morgan fingerprint density at radius 2 is 1.94 bits per heavy atom. The second kappa shape index (κ2) is 4.42. The van der Waals surface area contributed by atoms with Gasteiger partial charge >= 0.3 is 6.36 Å². The maximum atomic E-state index is 12.0. The van der Waals surface area contributed by atoms with Crippen molar-refractivity contribution in [1.82, 2.24) is 0 Å². The van der Waals surface area contributed by atoms with E-state index in [1.54, 1.807) is 14.1 Å². The minimum atomic E-state index is -4.73. The summed E-state index contributed by atoms with van der Waals surface area (Å²) in [7, 11) is 3.25. The number of hydrogen-bond acceptors (Lipinski definition) is 3. The minimum absolute atomic E-state index is 0.305. The van der Waals surface area contributed by atoms with Crippen LogP contribution in [0.5, 0.6) is 5.75 Å². The minimum Gasteiger partial charge on any atom is -0.406 e. The maximum absolute atomic E-state index is 12.0. The molecule has 0 bridgehead atoms. The predicted molar refractivity (Wildman–Crippen MR) is 52.8 cm³/mol. The number of aldehydes is 1. The van der Waals surface area contributed by atoms with Gasteiger partial charge < -0.3 is 9.64 Å². The molecule has 0 aliphatic carbocycles. The molecule has 0 heterocycles. The summed E-state index contributed by atoms with van der Waals surface area (Å²) in [6, 6.07) is 3.55. The summed E-state index contributed by atoms with van der Waals surface area (Å²) in [5, 5.41) is 0. The topological polar surface area (TPSA) is 29.5 Å². The quantitative estimate of drug-likeness (QED) is 0.751. The Morgan fingerprint density at radius 3 is 2.38 bits per heavy atom. The van der Waals surface area contributed by atoms with Crippen molar-refractivity contribution < 1.29 is 22.7 Å². The fourth-order valence-corrected chi connectivity index (χ4v) is 1.21. The molecule has 3 nitrogen and oxygen atoms in total. The maximum Gasteiger partial charge on any atom is 0.573 e. The SMILES string of the molecule is CN(C)c1cc(OC(F)(F)F)ccc1C=O. The number of hydrogen-bond donors (Lipinski definition) is 0. The number of nitrogens with zero attached hydrogens (tertiary/aromatic N) is 1. The molecule has 1 rings (SSSR count). The normalized spacial score (nSPS) is 11.1. The van der Waals surface area contributed by atoms with E-state index in [-0.39, 0.29) is 5.75 Å². The number of alkyl halides is 3. The summed E-state index contributed by atoms with van der Waals surface area (Å²) in [6.45, 7) is 0. The molecule has 0 radical (unpaired) electrons. The van der Waals surface area contributed by atoms with Gasteiger partial charge in [-0.2, -0.15) is 0 Å². The number of anilines is 1. The fourth-order valence-electron chi connectivity index (χ4n) is 1.21. The molecule has 0 aliphatic rings. The van der Waals surface area contributed by atoms with E-state index in [1.165, 1.54) is 11.0 Å². The first-order valence-corrected chi connectivity index (χ1v) is 4.36. The van der Waals surface area contributed by atoms with E-state index in [0.717, 1.165) is 12.1 Å². The molecule has 1 aromatic rings. The van der Waals surface area contributed by atoms with E-state index in [1.807, 2.05) is 0 Å². The van der Waals surface area contributed by atoms with Gasteiger partial charge in [-0.15, -0.1) is 13.2 Å². The van der Waals surface area contributed by atoms with E-state index in [4.69, 9.17) is 0 Å². The van der Waals surface area contributed by atoms with Crippen LogP contribution in [0.4, 0.5) is 18.9 Å². The van der Waals surface area contributed by atoms with Gasteiger partial charge in [-0.3, -0.25) is 4.79 Å². The Balaban J connectivity index is 3.07. The Kier molecular flexibility index (Phi) is 3.41. The van der Waals surface area contributed by atoms with Crippen molar-refractivity contribution in [2.45, 2.75) is 6.36 Å². The lowest BCUT2D eigenvalue weighted by atomic mass is 10.2. The highest BCUT2D eigenvalue weighted by molar-refractivity contribution is 5.85. The highest BCUT2D eigenvalue weighted by Gasteiger charge is 2.31. The molecular weight excluding hydrogens is 223 g/mol. The van der Waals surface area contributed by atoms with Crippen LogP contribution in [-0.2, 0) is 0 Å². The van der Waals surface area contributed by atoms with Gasteiger partial charge in [-0.05, 0) is 12.1 Å². The lowest BCUT2D eigenvalue weighted by Crippen LogP contribution is -2.18. The van der Waals surface area contributed by atoms with E-state index in [2.05, 4.69) is 4.74 Å². The first kappa shape index (κ1) is 12.4. The van der Waals surface area contributed by atoms with Gasteiger partial charge in [-0.1, -0.05) is 0 Å². The largest absolute Gasteiger partial charge is 0.573 e. The van der Waals surface area contributed by atoms with Crippen molar-refractivity contribution in [3.8, 4) is 5.75 Å². The zero-order valence-electron chi connectivity index (χ0n) is 8.71. The molecular formula is C10H10F3NO2. The van der Waals surface area contributed by atoms with E-state index >= 15 is 0 Å². The fraction of sp³-hybridized carbons (Fsp3) is 0.300. The number of halogens is 3. The summed E-state index contributed by atoms with van der Waals surface area (Å²) in [6.07, 6.45) is -4.15. The van der Waals surface area contributed by atoms with Gasteiger partial charge in [0.1, 0.15) is 5.75 Å². The van der Waals surface area contributed by atoms with Crippen LogP contribution in [0.2, 0.25) is 0 Å². The van der Waals surface area contributed by atoms with Crippen molar-refractivity contribution in [2.24, 2.45) is 0 Å². The van der Waals surface area contributed by atoms with Crippen LogP contribution in [0.25, 0.3) is 0 Å². The zero-order chi connectivity index (χ0) is 12.3. The van der Waals surface area contributed by atoms with Crippen LogP contribution in [0, 0.1) is 0 Å². The van der Waals surface area contributed by atoms with Crippen molar-refractivity contribution in [3.63, 3.8) is 0 Å². The Morgan fingerprint density at radius 1 is 1.31 bits per heavy atom. The lowest BCUT2D eigenvalue weighted by Gasteiger charge is -2.17. The Bertz CT molecular complexity index is 388. The number of benzene rings is 1. The molecule has 0 saturated heterocycles. The standard InChI is InChI=1S/C10H10F3NO2/c1-14(2)9-5-8(16-10(11,12)13)4-3-7(9)6-15/h3-6H,1-2H3. The van der Waals surface area contributed by atoms with E-state index < -0.39 is 6.36 Å². The molecule has 88 valence electrons. The molecule has 0 spiro atoms. The van der Waals surface area contributed by atoms with Gasteiger partial charge in [0.25, 0.3) is 0 Å². The Labute approximate surface area is 90.4 Å². The van der Waals surface area contributed by atoms with Crippen LogP contribution >= 0.6 is 0 Å². The lowest BCUT2D eigenvalue weighted by molar-refractivity contribution is -0.274. The average molecular weight is 233 g/mol. The molecule has 0 atom stereocenters. The molecule has 6 heteroatoms. The molecule has 0 amide bonds. The van der Waals surface area contributed by atoms with Crippen LogP contribution in [0.15, 0.2) is 18.2 Å². The smallest absolute Gasteiger partial charge is 0.406 e. The third kappa shape index (κ3) is 3.15. The average Bonchev–Trinajstić information content (AvgIpc) is 2.15. The highest BCUT2D eigenvalue weighted by atomic mass is 19.4. The summed E-state index contributed by atoms with van der Waals surface area (Å²) < 4.78 is 39.6. The third-order valence-corrected chi connectivity index (χ3v) is 1.84. The summed E-state index contributed by atoms with van der Waals surface area (Å²) in [5.41, 5.74) is 0.677. The van der Waals surface area contributed by atoms with Crippen LogP contribution in [0.1, 0.15) is 10.4 Å². The number of carbonyl (C=O) groups excluding carboxylic acids is 1. The van der Waals surface area contributed by atoms with Gasteiger partial charge in [0.2, 0.25) is 0 Å². The molecule has 0 unspecified atom stereocenters. The second-order valence-corrected chi connectivity index (χ2v) is 3.28. The second-order valence-electron chi connectivity index (χ2n) is 3.28. The molecule has 1 aromatic carbocycles. The summed E-state index contributed by atoms with van der Waals surface area (Å²) >= 11 is 0. The van der Waals surface area contributed by atoms with Gasteiger partial charge in [-0.25, -0.2) is 0 Å².